The third kappa shape index (κ3) is 4.38. The van der Waals surface area contributed by atoms with Gasteiger partial charge in [-0.15, -0.1) is 0 Å². The van der Waals surface area contributed by atoms with Crippen molar-refractivity contribution in [3.8, 4) is 0 Å². The fourth-order valence-corrected chi connectivity index (χ4v) is 2.26. The summed E-state index contributed by atoms with van der Waals surface area (Å²) in [4.78, 5) is 32.7. The second kappa shape index (κ2) is 7.68. The lowest BCUT2D eigenvalue weighted by Gasteiger charge is -2.17. The summed E-state index contributed by atoms with van der Waals surface area (Å²) < 4.78 is 5.17. The number of ether oxygens (including phenoxy) is 1. The Morgan fingerprint density at radius 1 is 1.04 bits per heavy atom. The van der Waals surface area contributed by atoms with Crippen LogP contribution in [0.3, 0.4) is 0 Å². The molecule has 2 aromatic rings. The van der Waals surface area contributed by atoms with Gasteiger partial charge in [0.15, 0.2) is 0 Å². The van der Waals surface area contributed by atoms with E-state index in [4.69, 9.17) is 4.74 Å². The van der Waals surface area contributed by atoms with Crippen molar-refractivity contribution in [3.63, 3.8) is 0 Å². The molecule has 0 spiro atoms. The van der Waals surface area contributed by atoms with Gasteiger partial charge in [-0.2, -0.15) is 0 Å². The van der Waals surface area contributed by atoms with Crippen molar-refractivity contribution >= 4 is 11.9 Å². The van der Waals surface area contributed by atoms with E-state index in [1.165, 1.54) is 6.92 Å². The molecule has 1 heterocycles. The smallest absolute Gasteiger partial charge is 0.303 e. The second-order valence-electron chi connectivity index (χ2n) is 5.54. The minimum absolute atomic E-state index is 0.226. The molecular weight excluding hydrogens is 306 g/mol. The zero-order valence-corrected chi connectivity index (χ0v) is 14.3. The normalized spacial score (nSPS) is 11.7. The number of nitrogens with one attached hydrogen (secondary N) is 1. The Morgan fingerprint density at radius 3 is 2.29 bits per heavy atom. The van der Waals surface area contributed by atoms with E-state index in [9.17, 15) is 9.59 Å². The zero-order valence-electron chi connectivity index (χ0n) is 14.3. The van der Waals surface area contributed by atoms with Gasteiger partial charge in [0.05, 0.1) is 29.3 Å². The molecule has 1 amide bonds. The monoisotopic (exact) mass is 327 g/mol. The third-order valence-corrected chi connectivity index (χ3v) is 3.63. The number of aromatic nitrogens is 2. The van der Waals surface area contributed by atoms with Gasteiger partial charge >= 0.3 is 5.97 Å². The molecule has 1 N–H and O–H groups in total. The molecule has 0 saturated heterocycles. The Bertz CT molecular complexity index is 745. The first-order valence-corrected chi connectivity index (χ1v) is 7.69. The molecule has 0 aliphatic rings. The van der Waals surface area contributed by atoms with E-state index in [0.29, 0.717) is 11.3 Å². The van der Waals surface area contributed by atoms with Crippen molar-refractivity contribution in [1.29, 1.82) is 0 Å². The van der Waals surface area contributed by atoms with Crippen LogP contribution in [0.1, 0.15) is 41.4 Å². The minimum atomic E-state index is -0.983. The highest BCUT2D eigenvalue weighted by atomic mass is 16.5. The lowest BCUT2D eigenvalue weighted by Crippen LogP contribution is -2.32. The van der Waals surface area contributed by atoms with Crippen LogP contribution in [0.15, 0.2) is 30.3 Å². The van der Waals surface area contributed by atoms with Gasteiger partial charge in [0.1, 0.15) is 0 Å². The molecule has 1 unspecified atom stereocenters. The van der Waals surface area contributed by atoms with Crippen LogP contribution in [0.5, 0.6) is 0 Å². The molecule has 0 bridgehead atoms. The number of carbonyl (C=O) groups is 2. The molecule has 0 saturated carbocycles. The van der Waals surface area contributed by atoms with Gasteiger partial charge in [0.2, 0.25) is 6.10 Å². The van der Waals surface area contributed by atoms with E-state index in [1.54, 1.807) is 24.3 Å². The van der Waals surface area contributed by atoms with Crippen LogP contribution in [0.4, 0.5) is 0 Å². The van der Waals surface area contributed by atoms with Gasteiger partial charge in [0.25, 0.3) is 5.91 Å². The maximum Gasteiger partial charge on any atom is 0.303 e. The number of rotatable bonds is 5. The van der Waals surface area contributed by atoms with Crippen LogP contribution in [0.2, 0.25) is 0 Å². The topological polar surface area (TPSA) is 81.2 Å². The molecule has 0 aliphatic heterocycles. The molecule has 2 rings (SSSR count). The number of aryl methyl sites for hydroxylation is 3. The summed E-state index contributed by atoms with van der Waals surface area (Å²) in [5.41, 5.74) is 3.77. The third-order valence-electron chi connectivity index (χ3n) is 3.63. The van der Waals surface area contributed by atoms with Crippen molar-refractivity contribution in [1.82, 2.24) is 15.3 Å². The number of hydrogen-bond acceptors (Lipinski definition) is 5. The average molecular weight is 327 g/mol. The van der Waals surface area contributed by atoms with E-state index >= 15 is 0 Å². The Balaban J connectivity index is 2.14. The predicted octanol–water partition coefficient (Wildman–Crippen LogP) is 2.32. The van der Waals surface area contributed by atoms with Gasteiger partial charge in [-0.05, 0) is 20.8 Å². The summed E-state index contributed by atoms with van der Waals surface area (Å²) in [6.45, 7) is 7.12. The van der Waals surface area contributed by atoms with Crippen LogP contribution in [-0.2, 0) is 20.9 Å². The first kappa shape index (κ1) is 17.6. The van der Waals surface area contributed by atoms with Crippen LogP contribution in [0.25, 0.3) is 0 Å². The Hall–Kier alpha value is -2.76. The fraction of sp³-hybridized carbons (Fsp3) is 0.333. The highest BCUT2D eigenvalue weighted by Gasteiger charge is 2.23. The van der Waals surface area contributed by atoms with Gasteiger partial charge < -0.3 is 10.1 Å². The van der Waals surface area contributed by atoms with Gasteiger partial charge in [-0.25, -0.2) is 0 Å². The second-order valence-corrected chi connectivity index (χ2v) is 5.54. The number of benzene rings is 1. The Labute approximate surface area is 141 Å². The number of nitrogens with zero attached hydrogens (tertiary/aromatic N) is 2. The SMILES string of the molecule is CC(=O)OC(C(=O)NCc1nc(C)c(C)nc1C)c1ccccc1. The standard InChI is InChI=1S/C18H21N3O3/c1-11-12(2)21-16(13(3)20-11)10-19-18(23)17(24-14(4)22)15-8-6-5-7-9-15/h5-9,17H,10H2,1-4H3,(H,19,23). The molecule has 24 heavy (non-hydrogen) atoms. The van der Waals surface area contributed by atoms with Crippen molar-refractivity contribution in [2.24, 2.45) is 0 Å². The fourth-order valence-electron chi connectivity index (χ4n) is 2.26. The van der Waals surface area contributed by atoms with Crippen molar-refractivity contribution in [2.45, 2.75) is 40.3 Å². The average Bonchev–Trinajstić information content (AvgIpc) is 2.55. The Kier molecular flexibility index (Phi) is 5.63. The highest BCUT2D eigenvalue weighted by molar-refractivity contribution is 5.84. The summed E-state index contributed by atoms with van der Waals surface area (Å²) in [6, 6.07) is 8.90. The van der Waals surface area contributed by atoms with Crippen molar-refractivity contribution in [2.75, 3.05) is 0 Å². The first-order valence-electron chi connectivity index (χ1n) is 7.69. The van der Waals surface area contributed by atoms with Crippen LogP contribution >= 0.6 is 0 Å². The van der Waals surface area contributed by atoms with E-state index in [2.05, 4.69) is 15.3 Å². The molecule has 1 aromatic heterocycles. The Morgan fingerprint density at radius 2 is 1.67 bits per heavy atom. The molecule has 0 fully saturated rings. The molecule has 6 heteroatoms. The zero-order chi connectivity index (χ0) is 17.7. The summed E-state index contributed by atoms with van der Waals surface area (Å²) >= 11 is 0. The number of amides is 1. The number of esters is 1. The molecule has 6 nitrogen and oxygen atoms in total. The van der Waals surface area contributed by atoms with Crippen LogP contribution in [0, 0.1) is 20.8 Å². The quantitative estimate of drug-likeness (QED) is 0.852. The van der Waals surface area contributed by atoms with Crippen molar-refractivity contribution in [3.05, 3.63) is 58.7 Å². The van der Waals surface area contributed by atoms with E-state index < -0.39 is 18.0 Å². The first-order chi connectivity index (χ1) is 11.4. The summed E-state index contributed by atoms with van der Waals surface area (Å²) in [7, 11) is 0. The molecule has 126 valence electrons. The van der Waals surface area contributed by atoms with Crippen molar-refractivity contribution < 1.29 is 14.3 Å². The number of hydrogen-bond donors (Lipinski definition) is 1. The van der Waals surface area contributed by atoms with Gasteiger partial charge in [-0.1, -0.05) is 30.3 Å². The van der Waals surface area contributed by atoms with Crippen LogP contribution < -0.4 is 5.32 Å². The number of carbonyl (C=O) groups excluding carboxylic acids is 2. The molecule has 0 aliphatic carbocycles. The minimum Gasteiger partial charge on any atom is -0.447 e. The summed E-state index contributed by atoms with van der Waals surface area (Å²) in [5, 5.41) is 2.77. The maximum atomic E-state index is 12.5. The maximum absolute atomic E-state index is 12.5. The lowest BCUT2D eigenvalue weighted by atomic mass is 10.1. The molecule has 1 atom stereocenters. The predicted molar refractivity (Wildman–Crippen MR) is 89.0 cm³/mol. The molecule has 0 radical (unpaired) electrons. The van der Waals surface area contributed by atoms with Gasteiger partial charge in [0, 0.05) is 12.5 Å². The van der Waals surface area contributed by atoms with Gasteiger partial charge in [-0.3, -0.25) is 19.6 Å². The lowest BCUT2D eigenvalue weighted by molar-refractivity contribution is -0.154. The summed E-state index contributed by atoms with van der Waals surface area (Å²) in [6.07, 6.45) is -0.983. The summed E-state index contributed by atoms with van der Waals surface area (Å²) in [5.74, 6) is -0.906. The molecule has 1 aromatic carbocycles. The largest absolute Gasteiger partial charge is 0.447 e. The van der Waals surface area contributed by atoms with E-state index in [0.717, 1.165) is 17.1 Å². The van der Waals surface area contributed by atoms with E-state index in [1.807, 2.05) is 26.8 Å². The van der Waals surface area contributed by atoms with Crippen LogP contribution in [-0.4, -0.2) is 21.8 Å². The highest BCUT2D eigenvalue weighted by Crippen LogP contribution is 2.18. The van der Waals surface area contributed by atoms with E-state index in [-0.39, 0.29) is 6.54 Å². The molecular formula is C18H21N3O3.